The van der Waals surface area contributed by atoms with Crippen molar-refractivity contribution in [3.8, 4) is 0 Å². The number of carbonyl (C=O) groups is 1. The summed E-state index contributed by atoms with van der Waals surface area (Å²) in [5, 5.41) is 8.04. The number of primary sulfonamides is 1. The summed E-state index contributed by atoms with van der Waals surface area (Å²) in [6.07, 6.45) is 1.98. The molecule has 0 aliphatic carbocycles. The maximum absolute atomic E-state index is 12.1. The highest BCUT2D eigenvalue weighted by Gasteiger charge is 2.21. The fourth-order valence-corrected chi connectivity index (χ4v) is 4.30. The van der Waals surface area contributed by atoms with E-state index in [-0.39, 0.29) is 16.8 Å². The number of hydrogen-bond donors (Lipinski definition) is 2. The zero-order valence-electron chi connectivity index (χ0n) is 12.3. The number of aryl methyl sites for hydroxylation is 1. The first kappa shape index (κ1) is 17.1. The Labute approximate surface area is 124 Å². The first-order valence-electron chi connectivity index (χ1n) is 6.64. The Kier molecular flexibility index (Phi) is 5.73. The molecular formula is C13H22N2O3S2. The predicted molar refractivity (Wildman–Crippen MR) is 81.4 cm³/mol. The van der Waals surface area contributed by atoms with E-state index in [0.29, 0.717) is 15.7 Å². The van der Waals surface area contributed by atoms with Gasteiger partial charge in [0.05, 0.1) is 9.77 Å². The average Bonchev–Trinajstić information content (AvgIpc) is 2.72. The molecule has 0 aromatic carbocycles. The summed E-state index contributed by atoms with van der Waals surface area (Å²) in [6, 6.07) is 1.41. The lowest BCUT2D eigenvalue weighted by molar-refractivity contribution is 0.0929. The summed E-state index contributed by atoms with van der Waals surface area (Å²) >= 11 is 1.15. The lowest BCUT2D eigenvalue weighted by Crippen LogP contribution is -2.37. The van der Waals surface area contributed by atoms with Gasteiger partial charge >= 0.3 is 0 Å². The molecule has 114 valence electrons. The summed E-state index contributed by atoms with van der Waals surface area (Å²) in [6.45, 7) is 7.79. The Bertz CT molecular complexity index is 574. The molecule has 1 atom stereocenters. The van der Waals surface area contributed by atoms with Crippen molar-refractivity contribution in [2.24, 2.45) is 11.1 Å². The molecule has 7 heteroatoms. The number of thiophene rings is 1. The van der Waals surface area contributed by atoms with Crippen LogP contribution < -0.4 is 10.5 Å². The highest BCUT2D eigenvalue weighted by atomic mass is 32.2. The van der Waals surface area contributed by atoms with Gasteiger partial charge in [-0.25, -0.2) is 13.6 Å². The molecule has 0 bridgehead atoms. The Balaban J connectivity index is 2.89. The minimum absolute atomic E-state index is 0.0304. The van der Waals surface area contributed by atoms with E-state index in [1.807, 2.05) is 6.92 Å². The number of nitrogens with two attached hydrogens (primary N) is 1. The molecule has 5 nitrogen and oxygen atoms in total. The molecule has 1 amide bonds. The van der Waals surface area contributed by atoms with Crippen LogP contribution in [-0.4, -0.2) is 20.4 Å². The molecule has 0 spiro atoms. The van der Waals surface area contributed by atoms with Gasteiger partial charge in [0, 0.05) is 10.9 Å². The van der Waals surface area contributed by atoms with E-state index in [9.17, 15) is 13.2 Å². The van der Waals surface area contributed by atoms with Crippen LogP contribution in [0, 0.1) is 12.8 Å². The molecule has 0 fully saturated rings. The minimum Gasteiger partial charge on any atom is -0.349 e. The zero-order valence-corrected chi connectivity index (χ0v) is 13.9. The first-order chi connectivity index (χ1) is 9.20. The van der Waals surface area contributed by atoms with Crippen molar-refractivity contribution < 1.29 is 13.2 Å². The summed E-state index contributed by atoms with van der Waals surface area (Å²) in [5.41, 5.74) is 0. The second-order valence-electron chi connectivity index (χ2n) is 4.91. The van der Waals surface area contributed by atoms with E-state index in [2.05, 4.69) is 19.2 Å². The van der Waals surface area contributed by atoms with Gasteiger partial charge in [0.2, 0.25) is 10.0 Å². The third-order valence-corrected chi connectivity index (χ3v) is 5.73. The first-order valence-corrected chi connectivity index (χ1v) is 9.01. The summed E-state index contributed by atoms with van der Waals surface area (Å²) in [4.78, 5) is 13.1. The predicted octanol–water partition coefficient (Wildman–Crippen LogP) is 2.26. The SMILES string of the molecule is CCC(CC)C(C)NC(=O)c1cc(S(N)(=O)=O)c(C)s1. The molecule has 1 heterocycles. The van der Waals surface area contributed by atoms with Crippen LogP contribution in [0.2, 0.25) is 0 Å². The normalized spacial score (nSPS) is 13.5. The average molecular weight is 318 g/mol. The van der Waals surface area contributed by atoms with Crippen LogP contribution in [0.3, 0.4) is 0 Å². The Hall–Kier alpha value is -0.920. The fourth-order valence-electron chi connectivity index (χ4n) is 2.25. The number of amides is 1. The van der Waals surface area contributed by atoms with Crippen molar-refractivity contribution in [1.29, 1.82) is 0 Å². The van der Waals surface area contributed by atoms with Crippen molar-refractivity contribution in [3.05, 3.63) is 15.8 Å². The summed E-state index contributed by atoms with van der Waals surface area (Å²) in [7, 11) is -3.77. The third kappa shape index (κ3) is 4.04. The van der Waals surface area contributed by atoms with Gasteiger partial charge in [-0.3, -0.25) is 4.79 Å². The molecular weight excluding hydrogens is 296 g/mol. The maximum atomic E-state index is 12.1. The quantitative estimate of drug-likeness (QED) is 0.843. The van der Waals surface area contributed by atoms with Gasteiger partial charge in [-0.15, -0.1) is 11.3 Å². The molecule has 1 unspecified atom stereocenters. The van der Waals surface area contributed by atoms with Crippen LogP contribution in [0.15, 0.2) is 11.0 Å². The van der Waals surface area contributed by atoms with Gasteiger partial charge in [0.25, 0.3) is 5.91 Å². The maximum Gasteiger partial charge on any atom is 0.261 e. The fraction of sp³-hybridized carbons (Fsp3) is 0.615. The van der Waals surface area contributed by atoms with Crippen molar-refractivity contribution in [1.82, 2.24) is 5.32 Å². The molecule has 0 saturated heterocycles. The number of rotatable bonds is 6. The van der Waals surface area contributed by atoms with Crippen molar-refractivity contribution in [3.63, 3.8) is 0 Å². The van der Waals surface area contributed by atoms with Gasteiger partial charge in [-0.2, -0.15) is 0 Å². The molecule has 1 aromatic heterocycles. The van der Waals surface area contributed by atoms with Gasteiger partial charge < -0.3 is 5.32 Å². The molecule has 1 rings (SSSR count). The lowest BCUT2D eigenvalue weighted by Gasteiger charge is -2.22. The van der Waals surface area contributed by atoms with Gasteiger partial charge in [0.1, 0.15) is 0 Å². The minimum atomic E-state index is -3.77. The molecule has 1 aromatic rings. The highest BCUT2D eigenvalue weighted by Crippen LogP contribution is 2.25. The van der Waals surface area contributed by atoms with Gasteiger partial charge in [-0.1, -0.05) is 26.7 Å². The number of carbonyl (C=O) groups excluding carboxylic acids is 1. The van der Waals surface area contributed by atoms with Crippen LogP contribution >= 0.6 is 11.3 Å². The summed E-state index contributed by atoms with van der Waals surface area (Å²) in [5.74, 6) is 0.171. The van der Waals surface area contributed by atoms with Crippen LogP contribution in [-0.2, 0) is 10.0 Å². The number of hydrogen-bond acceptors (Lipinski definition) is 4. The molecule has 20 heavy (non-hydrogen) atoms. The topological polar surface area (TPSA) is 89.3 Å². The highest BCUT2D eigenvalue weighted by molar-refractivity contribution is 7.89. The van der Waals surface area contributed by atoms with E-state index >= 15 is 0 Å². The van der Waals surface area contributed by atoms with Crippen molar-refractivity contribution in [2.75, 3.05) is 0 Å². The van der Waals surface area contributed by atoms with Crippen LogP contribution in [0.1, 0.15) is 48.2 Å². The van der Waals surface area contributed by atoms with Crippen molar-refractivity contribution in [2.45, 2.75) is 51.5 Å². The second kappa shape index (κ2) is 6.69. The van der Waals surface area contributed by atoms with E-state index in [1.54, 1.807) is 6.92 Å². The monoisotopic (exact) mass is 318 g/mol. The van der Waals surface area contributed by atoms with Gasteiger partial charge in [-0.05, 0) is 25.8 Å². The van der Waals surface area contributed by atoms with E-state index in [1.165, 1.54) is 6.07 Å². The summed E-state index contributed by atoms with van der Waals surface area (Å²) < 4.78 is 22.7. The second-order valence-corrected chi connectivity index (χ2v) is 7.70. The molecule has 3 N–H and O–H groups in total. The number of sulfonamides is 1. The molecule has 0 saturated carbocycles. The van der Waals surface area contributed by atoms with E-state index in [0.717, 1.165) is 24.2 Å². The Morgan fingerprint density at radius 1 is 1.40 bits per heavy atom. The van der Waals surface area contributed by atoms with Gasteiger partial charge in [0.15, 0.2) is 0 Å². The van der Waals surface area contributed by atoms with Crippen LogP contribution in [0.25, 0.3) is 0 Å². The smallest absolute Gasteiger partial charge is 0.261 e. The van der Waals surface area contributed by atoms with E-state index < -0.39 is 10.0 Å². The van der Waals surface area contributed by atoms with Crippen molar-refractivity contribution >= 4 is 27.3 Å². The van der Waals surface area contributed by atoms with Crippen LogP contribution in [0.4, 0.5) is 0 Å². The largest absolute Gasteiger partial charge is 0.349 e. The van der Waals surface area contributed by atoms with Crippen LogP contribution in [0.5, 0.6) is 0 Å². The standard InChI is InChI=1S/C13H22N2O3S2/c1-5-10(6-2)8(3)15-13(16)11-7-12(9(4)19-11)20(14,17)18/h7-8,10H,5-6H2,1-4H3,(H,15,16)(H2,14,17,18). The third-order valence-electron chi connectivity index (χ3n) is 3.52. The Morgan fingerprint density at radius 2 is 1.95 bits per heavy atom. The zero-order chi connectivity index (χ0) is 15.5. The Morgan fingerprint density at radius 3 is 2.35 bits per heavy atom. The lowest BCUT2D eigenvalue weighted by atomic mass is 9.95. The molecule has 0 radical (unpaired) electrons. The number of nitrogens with one attached hydrogen (secondary N) is 1. The molecule has 0 aliphatic rings. The molecule has 0 aliphatic heterocycles. The van der Waals surface area contributed by atoms with E-state index in [4.69, 9.17) is 5.14 Å².